The van der Waals surface area contributed by atoms with Crippen molar-refractivity contribution in [3.8, 4) is 0 Å². The van der Waals surface area contributed by atoms with Crippen molar-refractivity contribution in [3.63, 3.8) is 0 Å². The van der Waals surface area contributed by atoms with E-state index in [4.69, 9.17) is 0 Å². The van der Waals surface area contributed by atoms with E-state index < -0.39 is 0 Å². The van der Waals surface area contributed by atoms with E-state index in [0.29, 0.717) is 23.4 Å². The highest BCUT2D eigenvalue weighted by molar-refractivity contribution is 7.22. The zero-order chi connectivity index (χ0) is 24.4. The minimum absolute atomic E-state index is 0.000871. The molecule has 2 amide bonds. The number of carbonyl (C=O) groups is 2. The fraction of sp³-hybridized carbons (Fsp3) is 0.458. The van der Waals surface area contributed by atoms with Gasteiger partial charge in [0.05, 0.1) is 0 Å². The number of nitrogens with one attached hydrogen (secondary N) is 2. The smallest absolute Gasteiger partial charge is 0.273 e. The van der Waals surface area contributed by atoms with Gasteiger partial charge in [0, 0.05) is 30.7 Å². The van der Waals surface area contributed by atoms with Crippen molar-refractivity contribution in [2.24, 2.45) is 5.92 Å². The van der Waals surface area contributed by atoms with Gasteiger partial charge in [0.2, 0.25) is 11.8 Å². The van der Waals surface area contributed by atoms with Crippen LogP contribution in [-0.4, -0.2) is 45.5 Å². The first-order chi connectivity index (χ1) is 16.2. The maximum absolute atomic E-state index is 13.0. The van der Waals surface area contributed by atoms with Crippen molar-refractivity contribution in [2.75, 3.05) is 23.3 Å². The summed E-state index contributed by atoms with van der Waals surface area (Å²) in [7, 11) is 0. The second kappa shape index (κ2) is 9.92. The zero-order valence-electron chi connectivity index (χ0n) is 19.9. The molecule has 0 radical (unpaired) electrons. The molecule has 1 aliphatic rings. The number of amides is 2. The normalized spacial score (nSPS) is 14.6. The second-order valence-electron chi connectivity index (χ2n) is 9.12. The van der Waals surface area contributed by atoms with Crippen LogP contribution in [0.3, 0.4) is 0 Å². The molecule has 3 heterocycles. The predicted octanol–water partition coefficient (Wildman–Crippen LogP) is 2.85. The average molecular weight is 483 g/mol. The van der Waals surface area contributed by atoms with Crippen molar-refractivity contribution >= 4 is 44.3 Å². The summed E-state index contributed by atoms with van der Waals surface area (Å²) < 4.78 is 1.74. The molecule has 0 aliphatic carbocycles. The van der Waals surface area contributed by atoms with E-state index in [1.807, 2.05) is 45.9 Å². The topological polar surface area (TPSA) is 109 Å². The lowest BCUT2D eigenvalue weighted by atomic mass is 9.96. The molecule has 0 atom stereocenters. The molecule has 3 aromatic rings. The highest BCUT2D eigenvalue weighted by Crippen LogP contribution is 2.29. The molecule has 1 aliphatic heterocycles. The molecule has 0 bridgehead atoms. The van der Waals surface area contributed by atoms with Gasteiger partial charge in [-0.25, -0.2) is 4.98 Å². The molecule has 1 saturated heterocycles. The largest absolute Gasteiger partial charge is 0.354 e. The van der Waals surface area contributed by atoms with Gasteiger partial charge in [0.15, 0.2) is 10.8 Å². The van der Waals surface area contributed by atoms with Crippen LogP contribution in [0, 0.1) is 19.8 Å². The van der Waals surface area contributed by atoms with Crippen molar-refractivity contribution < 1.29 is 9.59 Å². The molecule has 34 heavy (non-hydrogen) atoms. The average Bonchev–Trinajstić information content (AvgIpc) is 3.22. The van der Waals surface area contributed by atoms with Crippen LogP contribution in [0.15, 0.2) is 29.3 Å². The maximum atomic E-state index is 13.0. The highest BCUT2D eigenvalue weighted by Gasteiger charge is 2.27. The van der Waals surface area contributed by atoms with E-state index in [1.54, 1.807) is 0 Å². The van der Waals surface area contributed by atoms with Crippen LogP contribution in [0.5, 0.6) is 0 Å². The Labute approximate surface area is 202 Å². The molecule has 1 aromatic carbocycles. The summed E-state index contributed by atoms with van der Waals surface area (Å²) in [6, 6.07) is 5.91. The molecule has 1 fully saturated rings. The number of aromatic nitrogens is 3. The van der Waals surface area contributed by atoms with Crippen LogP contribution in [0.4, 0.5) is 10.8 Å². The number of benzene rings is 1. The molecule has 9 nitrogen and oxygen atoms in total. The Morgan fingerprint density at radius 3 is 2.62 bits per heavy atom. The second-order valence-corrected chi connectivity index (χ2v) is 10.1. The number of anilines is 2. The third kappa shape index (κ3) is 5.27. The minimum Gasteiger partial charge on any atom is -0.354 e. The molecule has 10 heteroatoms. The number of thiazole rings is 1. The molecular formula is C24H30N6O3S. The monoisotopic (exact) mass is 482 g/mol. The van der Waals surface area contributed by atoms with Crippen LogP contribution in [0.2, 0.25) is 0 Å². The van der Waals surface area contributed by atoms with Crippen LogP contribution >= 0.6 is 11.3 Å². The number of rotatable bonds is 6. The van der Waals surface area contributed by atoms with Gasteiger partial charge in [0.1, 0.15) is 17.6 Å². The van der Waals surface area contributed by atoms with Gasteiger partial charge in [-0.15, -0.1) is 0 Å². The van der Waals surface area contributed by atoms with Crippen LogP contribution < -0.4 is 21.1 Å². The molecule has 2 N–H and O–H groups in total. The van der Waals surface area contributed by atoms with Gasteiger partial charge < -0.3 is 15.5 Å². The molecule has 0 saturated carbocycles. The Morgan fingerprint density at radius 1 is 1.21 bits per heavy atom. The molecular weight excluding hydrogens is 452 g/mol. The van der Waals surface area contributed by atoms with Crippen molar-refractivity contribution in [1.29, 1.82) is 0 Å². The van der Waals surface area contributed by atoms with Gasteiger partial charge in [-0.05, 0) is 52.2 Å². The van der Waals surface area contributed by atoms with Gasteiger partial charge in [0.25, 0.3) is 5.56 Å². The summed E-state index contributed by atoms with van der Waals surface area (Å²) >= 11 is 1.29. The van der Waals surface area contributed by atoms with Gasteiger partial charge in [-0.1, -0.05) is 29.0 Å². The number of nitrogens with zero attached hydrogens (tertiary/aromatic N) is 4. The van der Waals surface area contributed by atoms with Crippen molar-refractivity contribution in [2.45, 2.75) is 53.1 Å². The summed E-state index contributed by atoms with van der Waals surface area (Å²) in [6.07, 6.45) is 2.85. The standard InChI is InChI=1S/C24H30N6O3S/c1-14(2)26-22(32)17-7-9-29(10-8-17)24-28-21-20(34-24)23(33)30(13-25-21)12-19(31)27-18-6-5-15(3)11-16(18)4/h5-6,11,13-14,17H,7-10,12H2,1-4H3,(H,26,32)(H,27,31). The van der Waals surface area contributed by atoms with Gasteiger partial charge in [-0.2, -0.15) is 4.98 Å². The number of hydrogen-bond acceptors (Lipinski definition) is 7. The number of piperidine rings is 1. The zero-order valence-corrected chi connectivity index (χ0v) is 20.7. The lowest BCUT2D eigenvalue weighted by molar-refractivity contribution is -0.126. The third-order valence-corrected chi connectivity index (χ3v) is 7.00. The molecule has 4 rings (SSSR count). The SMILES string of the molecule is Cc1ccc(NC(=O)Cn2cnc3nc(N4CCC(C(=O)NC(C)C)CC4)sc3c2=O)c(C)c1. The summed E-state index contributed by atoms with van der Waals surface area (Å²) in [5.74, 6) is -0.191. The number of aryl methyl sites for hydroxylation is 2. The predicted molar refractivity (Wildman–Crippen MR) is 134 cm³/mol. The summed E-state index contributed by atoms with van der Waals surface area (Å²) in [5.41, 5.74) is 2.91. The first-order valence-electron chi connectivity index (χ1n) is 11.5. The van der Waals surface area contributed by atoms with Crippen LogP contribution in [-0.2, 0) is 16.1 Å². The Kier molecular flexibility index (Phi) is 6.97. The number of carbonyl (C=O) groups excluding carboxylic acids is 2. The van der Waals surface area contributed by atoms with E-state index in [1.165, 1.54) is 22.2 Å². The van der Waals surface area contributed by atoms with E-state index >= 15 is 0 Å². The van der Waals surface area contributed by atoms with Gasteiger partial charge >= 0.3 is 0 Å². The maximum Gasteiger partial charge on any atom is 0.273 e. The summed E-state index contributed by atoms with van der Waals surface area (Å²) in [4.78, 5) is 48.8. The van der Waals surface area contributed by atoms with Crippen LogP contribution in [0.25, 0.3) is 10.3 Å². The fourth-order valence-corrected chi connectivity index (χ4v) is 5.14. The van der Waals surface area contributed by atoms with E-state index in [0.717, 1.165) is 34.8 Å². The van der Waals surface area contributed by atoms with Crippen LogP contribution in [0.1, 0.15) is 37.8 Å². The Morgan fingerprint density at radius 2 is 1.94 bits per heavy atom. The minimum atomic E-state index is -0.290. The van der Waals surface area contributed by atoms with Crippen molar-refractivity contribution in [1.82, 2.24) is 19.9 Å². The van der Waals surface area contributed by atoms with Crippen molar-refractivity contribution in [3.05, 3.63) is 46.0 Å². The van der Waals surface area contributed by atoms with E-state index in [9.17, 15) is 14.4 Å². The molecule has 0 spiro atoms. The first-order valence-corrected chi connectivity index (χ1v) is 12.3. The Balaban J connectivity index is 1.44. The lowest BCUT2D eigenvalue weighted by Gasteiger charge is -2.31. The molecule has 2 aromatic heterocycles. The third-order valence-electron chi connectivity index (χ3n) is 5.91. The van der Waals surface area contributed by atoms with E-state index in [-0.39, 0.29) is 35.9 Å². The van der Waals surface area contributed by atoms with E-state index in [2.05, 4.69) is 25.5 Å². The highest BCUT2D eigenvalue weighted by atomic mass is 32.1. The Bertz CT molecular complexity index is 1270. The number of hydrogen-bond donors (Lipinski definition) is 2. The molecule has 180 valence electrons. The summed E-state index contributed by atoms with van der Waals surface area (Å²) in [6.45, 7) is 9.11. The lowest BCUT2D eigenvalue weighted by Crippen LogP contribution is -2.42. The quantitative estimate of drug-likeness (QED) is 0.559. The Hall–Kier alpha value is -3.27. The fourth-order valence-electron chi connectivity index (χ4n) is 4.12. The number of fused-ring (bicyclic) bond motifs is 1. The molecule has 0 unspecified atom stereocenters. The first kappa shape index (κ1) is 23.9. The van der Waals surface area contributed by atoms with Gasteiger partial charge in [-0.3, -0.25) is 19.0 Å². The summed E-state index contributed by atoms with van der Waals surface area (Å²) in [5, 5.41) is 6.57.